The van der Waals surface area contributed by atoms with Gasteiger partial charge in [-0.05, 0) is 26.0 Å². The Balaban J connectivity index is 2.40. The monoisotopic (exact) mass is 292 g/mol. The van der Waals surface area contributed by atoms with Crippen molar-refractivity contribution in [1.29, 1.82) is 5.26 Å². The van der Waals surface area contributed by atoms with Crippen LogP contribution in [0.5, 0.6) is 0 Å². The lowest BCUT2D eigenvalue weighted by atomic mass is 10.2. The van der Waals surface area contributed by atoms with E-state index in [1.165, 1.54) is 11.8 Å². The second-order valence-corrected chi connectivity index (χ2v) is 5.69. The summed E-state index contributed by atoms with van der Waals surface area (Å²) >= 11 is 7.41. The average molecular weight is 293 g/mol. The molecule has 6 heteroatoms. The van der Waals surface area contributed by atoms with Crippen molar-refractivity contribution in [2.45, 2.75) is 30.8 Å². The van der Waals surface area contributed by atoms with Crippen LogP contribution in [-0.4, -0.2) is 20.0 Å². The predicted molar refractivity (Wildman–Crippen MR) is 77.1 cm³/mol. The summed E-state index contributed by atoms with van der Waals surface area (Å²) in [5.41, 5.74) is 0.929. The second kappa shape index (κ2) is 6.09. The first kappa shape index (κ1) is 13.9. The molecule has 0 unspecified atom stereocenters. The molecule has 0 radical (unpaired) electrons. The fraction of sp³-hybridized carbons (Fsp3) is 0.308. The molecule has 0 saturated heterocycles. The van der Waals surface area contributed by atoms with Crippen molar-refractivity contribution in [2.75, 3.05) is 0 Å². The summed E-state index contributed by atoms with van der Waals surface area (Å²) in [5, 5.41) is 18.5. The quantitative estimate of drug-likeness (QED) is 0.808. The molecule has 0 aliphatic carbocycles. The van der Waals surface area contributed by atoms with E-state index in [1.807, 2.05) is 42.7 Å². The minimum atomic E-state index is -0.151. The lowest BCUT2D eigenvalue weighted by Gasteiger charge is -2.08. The van der Waals surface area contributed by atoms with Gasteiger partial charge >= 0.3 is 0 Å². The first-order chi connectivity index (χ1) is 9.15. The van der Waals surface area contributed by atoms with Crippen molar-refractivity contribution in [1.82, 2.24) is 14.8 Å². The van der Waals surface area contributed by atoms with Crippen LogP contribution in [0.3, 0.4) is 0 Å². The number of thioether (sulfide) groups is 1. The van der Waals surface area contributed by atoms with E-state index in [4.69, 9.17) is 16.9 Å². The number of nitriles is 1. The maximum absolute atomic E-state index is 8.87. The van der Waals surface area contributed by atoms with E-state index >= 15 is 0 Å². The Morgan fingerprint density at radius 3 is 2.89 bits per heavy atom. The molecule has 98 valence electrons. The van der Waals surface area contributed by atoms with E-state index < -0.39 is 0 Å². The van der Waals surface area contributed by atoms with Crippen LogP contribution in [-0.2, 0) is 6.54 Å². The van der Waals surface area contributed by atoms with E-state index in [9.17, 15) is 0 Å². The third-order valence-corrected chi connectivity index (χ3v) is 3.79. The zero-order chi connectivity index (χ0) is 13.8. The Bertz CT molecular complexity index is 617. The number of hydrogen-bond donors (Lipinski definition) is 0. The molecule has 1 heterocycles. The van der Waals surface area contributed by atoms with E-state index in [0.717, 1.165) is 23.1 Å². The van der Waals surface area contributed by atoms with Gasteiger partial charge in [-0.25, -0.2) is 0 Å². The number of hydrogen-bond acceptors (Lipinski definition) is 4. The molecule has 1 atom stereocenters. The number of nitrogens with zero attached hydrogens (tertiary/aromatic N) is 4. The van der Waals surface area contributed by atoms with Gasteiger partial charge in [0.2, 0.25) is 0 Å². The predicted octanol–water partition coefficient (Wildman–Crippen LogP) is 3.62. The van der Waals surface area contributed by atoms with Crippen LogP contribution in [0.1, 0.15) is 13.8 Å². The summed E-state index contributed by atoms with van der Waals surface area (Å²) in [6, 6.07) is 9.70. The first-order valence-corrected chi connectivity index (χ1v) is 7.17. The highest BCUT2D eigenvalue weighted by Gasteiger charge is 2.15. The van der Waals surface area contributed by atoms with E-state index in [-0.39, 0.29) is 5.25 Å². The van der Waals surface area contributed by atoms with Crippen LogP contribution < -0.4 is 0 Å². The largest absolute Gasteiger partial charge is 0.302 e. The lowest BCUT2D eigenvalue weighted by molar-refractivity contribution is 0.687. The molecule has 0 aliphatic rings. The van der Waals surface area contributed by atoms with Crippen molar-refractivity contribution in [3.05, 3.63) is 29.3 Å². The summed E-state index contributed by atoms with van der Waals surface area (Å²) < 4.78 is 1.99. The van der Waals surface area contributed by atoms with Crippen LogP contribution in [0.2, 0.25) is 5.02 Å². The van der Waals surface area contributed by atoms with Gasteiger partial charge in [0.15, 0.2) is 11.0 Å². The van der Waals surface area contributed by atoms with Crippen LogP contribution in [0, 0.1) is 11.3 Å². The molecule has 1 aromatic carbocycles. The summed E-state index contributed by atoms with van der Waals surface area (Å²) in [7, 11) is 0. The Morgan fingerprint density at radius 2 is 2.26 bits per heavy atom. The van der Waals surface area contributed by atoms with Crippen molar-refractivity contribution >= 4 is 23.4 Å². The molecule has 0 spiro atoms. The number of rotatable bonds is 4. The van der Waals surface area contributed by atoms with Crippen molar-refractivity contribution in [2.24, 2.45) is 0 Å². The standard InChI is InChI=1S/C13H13ClN4S/c1-3-18-12(10-5-4-6-11(14)7-10)16-17-13(18)19-9(2)8-15/h4-7,9H,3H2,1-2H3/t9-/m1/s1. The molecular formula is C13H13ClN4S. The third kappa shape index (κ3) is 3.09. The number of halogens is 1. The lowest BCUT2D eigenvalue weighted by Crippen LogP contribution is -2.02. The molecule has 0 N–H and O–H groups in total. The van der Waals surface area contributed by atoms with Crippen LogP contribution in [0.4, 0.5) is 0 Å². The van der Waals surface area contributed by atoms with Gasteiger partial charge in [0, 0.05) is 17.1 Å². The molecule has 0 saturated carbocycles. The Kier molecular flexibility index (Phi) is 4.46. The van der Waals surface area contributed by atoms with Gasteiger partial charge < -0.3 is 4.57 Å². The van der Waals surface area contributed by atoms with Gasteiger partial charge in [0.25, 0.3) is 0 Å². The fourth-order valence-electron chi connectivity index (χ4n) is 1.69. The summed E-state index contributed by atoms with van der Waals surface area (Å²) in [4.78, 5) is 0. The van der Waals surface area contributed by atoms with Crippen LogP contribution in [0.25, 0.3) is 11.4 Å². The van der Waals surface area contributed by atoms with Gasteiger partial charge in [0.1, 0.15) is 0 Å². The molecule has 0 aliphatic heterocycles. The number of benzene rings is 1. The van der Waals surface area contributed by atoms with Crippen molar-refractivity contribution < 1.29 is 0 Å². The minimum absolute atomic E-state index is 0.151. The van der Waals surface area contributed by atoms with E-state index in [1.54, 1.807) is 0 Å². The van der Waals surface area contributed by atoms with Gasteiger partial charge in [-0.3, -0.25) is 0 Å². The minimum Gasteiger partial charge on any atom is -0.302 e. The summed E-state index contributed by atoms with van der Waals surface area (Å²) in [6.07, 6.45) is 0. The highest BCUT2D eigenvalue weighted by Crippen LogP contribution is 2.27. The Morgan fingerprint density at radius 1 is 1.47 bits per heavy atom. The van der Waals surface area contributed by atoms with E-state index in [0.29, 0.717) is 5.02 Å². The topological polar surface area (TPSA) is 54.5 Å². The SMILES string of the molecule is CCn1c(S[C@H](C)C#N)nnc1-c1cccc(Cl)c1. The smallest absolute Gasteiger partial charge is 0.192 e. The van der Waals surface area contributed by atoms with Crippen molar-refractivity contribution in [3.63, 3.8) is 0 Å². The molecule has 4 nitrogen and oxygen atoms in total. The van der Waals surface area contributed by atoms with Crippen LogP contribution in [0.15, 0.2) is 29.4 Å². The van der Waals surface area contributed by atoms with Gasteiger partial charge in [-0.1, -0.05) is 35.5 Å². The first-order valence-electron chi connectivity index (χ1n) is 5.91. The summed E-state index contributed by atoms with van der Waals surface area (Å²) in [5.74, 6) is 0.776. The zero-order valence-electron chi connectivity index (χ0n) is 10.7. The Hall–Kier alpha value is -1.51. The molecular weight excluding hydrogens is 280 g/mol. The third-order valence-electron chi connectivity index (χ3n) is 2.58. The zero-order valence-corrected chi connectivity index (χ0v) is 12.2. The molecule has 1 aromatic heterocycles. The van der Waals surface area contributed by atoms with Gasteiger partial charge in [-0.15, -0.1) is 10.2 Å². The fourth-order valence-corrected chi connectivity index (χ4v) is 2.68. The number of aromatic nitrogens is 3. The summed E-state index contributed by atoms with van der Waals surface area (Å²) in [6.45, 7) is 4.62. The highest BCUT2D eigenvalue weighted by atomic mass is 35.5. The second-order valence-electron chi connectivity index (χ2n) is 3.95. The maximum Gasteiger partial charge on any atom is 0.192 e. The van der Waals surface area contributed by atoms with Gasteiger partial charge in [0.05, 0.1) is 11.3 Å². The van der Waals surface area contributed by atoms with Gasteiger partial charge in [-0.2, -0.15) is 5.26 Å². The van der Waals surface area contributed by atoms with Crippen molar-refractivity contribution in [3.8, 4) is 17.5 Å². The molecule has 2 rings (SSSR count). The normalized spacial score (nSPS) is 12.1. The van der Waals surface area contributed by atoms with Crippen LogP contribution >= 0.6 is 23.4 Å². The highest BCUT2D eigenvalue weighted by molar-refractivity contribution is 8.00. The average Bonchev–Trinajstić information content (AvgIpc) is 2.81. The Labute approximate surface area is 121 Å². The maximum atomic E-state index is 8.87. The van der Waals surface area contributed by atoms with E-state index in [2.05, 4.69) is 16.3 Å². The molecule has 0 bridgehead atoms. The molecule has 2 aromatic rings. The molecule has 0 amide bonds. The molecule has 19 heavy (non-hydrogen) atoms. The molecule has 0 fully saturated rings.